The zero-order valence-corrected chi connectivity index (χ0v) is 15.8. The number of fused-ring (bicyclic) bond motifs is 1. The summed E-state index contributed by atoms with van der Waals surface area (Å²) in [5.74, 6) is 1.12. The quantitative estimate of drug-likeness (QED) is 0.628. The number of H-pyrrole nitrogens is 1. The number of imidazole rings is 1. The number of rotatable bonds is 6. The van der Waals surface area contributed by atoms with Crippen LogP contribution < -0.4 is 16.2 Å². The molecule has 3 aromatic heterocycles. The van der Waals surface area contributed by atoms with Crippen LogP contribution in [0, 0.1) is 6.92 Å². The van der Waals surface area contributed by atoms with E-state index in [1.807, 2.05) is 24.5 Å². The Hall–Kier alpha value is -2.90. The van der Waals surface area contributed by atoms with E-state index >= 15 is 0 Å². The Morgan fingerprint density at radius 1 is 1.31 bits per heavy atom. The van der Waals surface area contributed by atoms with Crippen molar-refractivity contribution in [3.8, 4) is 0 Å². The molecule has 0 aliphatic carbocycles. The average Bonchev–Trinajstić information content (AvgIpc) is 3.04. The van der Waals surface area contributed by atoms with Gasteiger partial charge in [-0.25, -0.2) is 4.98 Å². The number of aromatic nitrogens is 5. The highest BCUT2D eigenvalue weighted by Gasteiger charge is 2.15. The zero-order valence-electron chi connectivity index (χ0n) is 15.8. The molecule has 0 amide bonds. The number of hydrogen-bond acceptors (Lipinski definition) is 6. The standard InChI is InChI=1S/C18H25N7O/c1-6-12-7-11(4)22-17(26)13(12)8-20-15-14-16(24-18(19-5)23-15)25(9-21-14)10(2)3/h7,9-10H,6,8H2,1-5H3,(H,22,26)(H2,19,20,23,24). The van der Waals surface area contributed by atoms with Gasteiger partial charge in [0, 0.05) is 30.9 Å². The Bertz CT molecular complexity index is 987. The van der Waals surface area contributed by atoms with Gasteiger partial charge < -0.3 is 20.2 Å². The van der Waals surface area contributed by atoms with Gasteiger partial charge in [-0.1, -0.05) is 6.92 Å². The maximum atomic E-state index is 12.4. The van der Waals surface area contributed by atoms with Gasteiger partial charge in [0.25, 0.3) is 5.56 Å². The van der Waals surface area contributed by atoms with Gasteiger partial charge in [-0.2, -0.15) is 9.97 Å². The van der Waals surface area contributed by atoms with E-state index in [9.17, 15) is 4.79 Å². The van der Waals surface area contributed by atoms with Gasteiger partial charge in [0.1, 0.15) is 0 Å². The molecule has 0 saturated heterocycles. The highest BCUT2D eigenvalue weighted by molar-refractivity contribution is 5.84. The van der Waals surface area contributed by atoms with E-state index in [0.29, 0.717) is 23.8 Å². The maximum absolute atomic E-state index is 12.4. The Balaban J connectivity index is 2.01. The van der Waals surface area contributed by atoms with Crippen molar-refractivity contribution in [2.24, 2.45) is 0 Å². The predicted molar refractivity (Wildman–Crippen MR) is 104 cm³/mol. The molecule has 3 aromatic rings. The van der Waals surface area contributed by atoms with Crippen LogP contribution in [0.15, 0.2) is 17.2 Å². The van der Waals surface area contributed by atoms with Crippen molar-refractivity contribution >= 4 is 22.9 Å². The molecule has 0 aromatic carbocycles. The topological polar surface area (TPSA) is 101 Å². The van der Waals surface area contributed by atoms with E-state index in [4.69, 9.17) is 0 Å². The van der Waals surface area contributed by atoms with Gasteiger partial charge in [0.05, 0.1) is 6.33 Å². The fourth-order valence-electron chi connectivity index (χ4n) is 3.00. The number of nitrogens with zero attached hydrogens (tertiary/aromatic N) is 4. The average molecular weight is 355 g/mol. The highest BCUT2D eigenvalue weighted by Crippen LogP contribution is 2.23. The van der Waals surface area contributed by atoms with Crippen LogP contribution in [0.2, 0.25) is 0 Å². The van der Waals surface area contributed by atoms with E-state index in [2.05, 4.69) is 44.4 Å². The first kappa shape index (κ1) is 17.9. The molecule has 0 aliphatic heterocycles. The molecule has 3 N–H and O–H groups in total. The number of hydrogen-bond donors (Lipinski definition) is 3. The lowest BCUT2D eigenvalue weighted by atomic mass is 10.1. The molecular weight excluding hydrogens is 330 g/mol. The summed E-state index contributed by atoms with van der Waals surface area (Å²) >= 11 is 0. The fourth-order valence-corrected chi connectivity index (χ4v) is 3.00. The van der Waals surface area contributed by atoms with Crippen LogP contribution >= 0.6 is 0 Å². The van der Waals surface area contributed by atoms with E-state index in [1.165, 1.54) is 0 Å². The molecule has 0 fully saturated rings. The van der Waals surface area contributed by atoms with Crippen LogP contribution in [0.5, 0.6) is 0 Å². The minimum absolute atomic E-state index is 0.0683. The Labute approximate surface area is 152 Å². The summed E-state index contributed by atoms with van der Waals surface area (Å²) < 4.78 is 2.00. The third-order valence-corrected chi connectivity index (χ3v) is 4.38. The van der Waals surface area contributed by atoms with Crippen molar-refractivity contribution in [2.75, 3.05) is 17.7 Å². The van der Waals surface area contributed by atoms with Crippen molar-refractivity contribution < 1.29 is 0 Å². The number of aryl methyl sites for hydroxylation is 2. The molecule has 8 heteroatoms. The summed E-state index contributed by atoms with van der Waals surface area (Å²) in [5, 5.41) is 6.26. The largest absolute Gasteiger partial charge is 0.364 e. The molecule has 3 heterocycles. The molecule has 0 bridgehead atoms. The zero-order chi connectivity index (χ0) is 18.8. The third-order valence-electron chi connectivity index (χ3n) is 4.38. The Morgan fingerprint density at radius 3 is 2.73 bits per heavy atom. The normalized spacial score (nSPS) is 11.3. The summed E-state index contributed by atoms with van der Waals surface area (Å²) in [4.78, 5) is 28.7. The molecule has 0 saturated carbocycles. The lowest BCUT2D eigenvalue weighted by Crippen LogP contribution is -2.20. The van der Waals surface area contributed by atoms with E-state index < -0.39 is 0 Å². The first-order valence-corrected chi connectivity index (χ1v) is 8.82. The van der Waals surface area contributed by atoms with Gasteiger partial charge in [0.15, 0.2) is 17.0 Å². The minimum atomic E-state index is -0.0683. The number of aromatic amines is 1. The predicted octanol–water partition coefficient (Wildman–Crippen LogP) is 2.62. The number of pyridine rings is 1. The molecular formula is C18H25N7O. The summed E-state index contributed by atoms with van der Waals surface area (Å²) in [6.07, 6.45) is 2.56. The highest BCUT2D eigenvalue weighted by atomic mass is 16.1. The van der Waals surface area contributed by atoms with Crippen molar-refractivity contribution in [2.45, 2.75) is 46.7 Å². The first-order valence-electron chi connectivity index (χ1n) is 8.82. The third kappa shape index (κ3) is 3.26. The van der Waals surface area contributed by atoms with Gasteiger partial charge in [0.2, 0.25) is 5.95 Å². The van der Waals surface area contributed by atoms with E-state index in [0.717, 1.165) is 28.9 Å². The van der Waals surface area contributed by atoms with Crippen LogP contribution in [0.1, 0.15) is 43.6 Å². The molecule has 0 atom stereocenters. The van der Waals surface area contributed by atoms with Crippen molar-refractivity contribution in [3.63, 3.8) is 0 Å². The van der Waals surface area contributed by atoms with Crippen molar-refractivity contribution in [3.05, 3.63) is 39.6 Å². The summed E-state index contributed by atoms with van der Waals surface area (Å²) in [6, 6.07) is 2.25. The van der Waals surface area contributed by atoms with Crippen LogP contribution in [-0.2, 0) is 13.0 Å². The summed E-state index contributed by atoms with van der Waals surface area (Å²) in [6.45, 7) is 8.47. The molecule has 0 unspecified atom stereocenters. The molecule has 0 aliphatic rings. The summed E-state index contributed by atoms with van der Waals surface area (Å²) in [5.41, 5.74) is 4.01. The van der Waals surface area contributed by atoms with Gasteiger partial charge in [-0.15, -0.1) is 0 Å². The smallest absolute Gasteiger partial charge is 0.253 e. The van der Waals surface area contributed by atoms with Crippen LogP contribution in [0.3, 0.4) is 0 Å². The van der Waals surface area contributed by atoms with Crippen LogP contribution in [-0.4, -0.2) is 31.6 Å². The van der Waals surface area contributed by atoms with Crippen molar-refractivity contribution in [1.82, 2.24) is 24.5 Å². The number of nitrogens with one attached hydrogen (secondary N) is 3. The molecule has 8 nitrogen and oxygen atoms in total. The maximum Gasteiger partial charge on any atom is 0.253 e. The van der Waals surface area contributed by atoms with Gasteiger partial charge in [-0.3, -0.25) is 4.79 Å². The Kier molecular flexibility index (Phi) is 4.92. The molecule has 0 radical (unpaired) electrons. The number of anilines is 2. The fraction of sp³-hybridized carbons (Fsp3) is 0.444. The minimum Gasteiger partial charge on any atom is -0.364 e. The lowest BCUT2D eigenvalue weighted by Gasteiger charge is -2.12. The van der Waals surface area contributed by atoms with Gasteiger partial charge in [-0.05, 0) is 38.8 Å². The SMILES string of the molecule is CCc1cc(C)[nH]c(=O)c1CNc1nc(NC)nc2c1ncn2C(C)C. The van der Waals surface area contributed by atoms with Crippen LogP contribution in [0.25, 0.3) is 11.2 Å². The second kappa shape index (κ2) is 7.15. The monoisotopic (exact) mass is 355 g/mol. The molecule has 3 rings (SSSR count). The van der Waals surface area contributed by atoms with E-state index in [1.54, 1.807) is 13.4 Å². The lowest BCUT2D eigenvalue weighted by molar-refractivity contribution is 0.613. The van der Waals surface area contributed by atoms with E-state index in [-0.39, 0.29) is 11.6 Å². The Morgan fingerprint density at radius 2 is 2.08 bits per heavy atom. The molecule has 138 valence electrons. The van der Waals surface area contributed by atoms with Crippen molar-refractivity contribution in [1.29, 1.82) is 0 Å². The second-order valence-corrected chi connectivity index (χ2v) is 6.56. The molecule has 26 heavy (non-hydrogen) atoms. The van der Waals surface area contributed by atoms with Crippen LogP contribution in [0.4, 0.5) is 11.8 Å². The second-order valence-electron chi connectivity index (χ2n) is 6.56. The molecule has 0 spiro atoms. The van der Waals surface area contributed by atoms with Gasteiger partial charge >= 0.3 is 0 Å². The first-order chi connectivity index (χ1) is 12.4. The summed E-state index contributed by atoms with van der Waals surface area (Å²) in [7, 11) is 1.78.